The number of fused-ring (bicyclic) bond motifs is 4. The molecule has 0 saturated heterocycles. The van der Waals surface area contributed by atoms with Crippen LogP contribution in [0.4, 0.5) is 0 Å². The van der Waals surface area contributed by atoms with Crippen molar-refractivity contribution in [1.29, 1.82) is 0 Å². The minimum atomic E-state index is -2.79. The van der Waals surface area contributed by atoms with Crippen molar-refractivity contribution in [2.45, 2.75) is 85.4 Å². The van der Waals surface area contributed by atoms with E-state index in [9.17, 15) is 2.74 Å². The van der Waals surface area contributed by atoms with Crippen molar-refractivity contribution in [2.75, 3.05) is 0 Å². The van der Waals surface area contributed by atoms with Crippen LogP contribution in [-0.4, -0.2) is 14.1 Å². The van der Waals surface area contributed by atoms with Gasteiger partial charge in [0.2, 0.25) is 0 Å². The SMILES string of the molecule is [2H]c1c([2H])c([2H])c(-c2cnc(-n3c4ccccc4c4ccc(Oc5cccc(-n6[c-][n+](-c7c(-c8cccc(C(C)(C)C)c8)cccc7-c7c([2H])c([2H])c([2H])c([2H])c7[2H])c7ccc(-c8cc(C(C)(C)C)cc(C(C)(C)C)c8)cc76)c5)cc43)cc2C([2H])([2H])[2H])c([2H])c1[2H]. The van der Waals surface area contributed by atoms with Crippen LogP contribution < -0.4 is 9.30 Å². The first-order valence-electron chi connectivity index (χ1n) is 32.7. The van der Waals surface area contributed by atoms with Crippen molar-refractivity contribution < 1.29 is 27.1 Å². The monoisotopic (exact) mass is 1030 g/mol. The van der Waals surface area contributed by atoms with Crippen LogP contribution in [-0.2, 0) is 16.2 Å². The molecule has 0 fully saturated rings. The summed E-state index contributed by atoms with van der Waals surface area (Å²) in [6.07, 6.45) is 5.00. The number of aromatic nitrogens is 4. The summed E-state index contributed by atoms with van der Waals surface area (Å²) < 4.78 is 126. The number of pyridine rings is 1. The standard InChI is InChI=1S/C73H66N4O/c1-48-38-69(74-46-64(48)50-24-15-12-16-25-50)77-65-33-18-17-30-62(65)63-36-35-59(45-67(63)77)78-58-29-20-28-57(44-58)75-47-76(66-37-34-51(42-68(66)75)53-40-55(72(5,6)7)43-56(41-53)73(8,9)10)70-60(49-22-13-11-14-23-49)31-21-32-61(70)52-26-19-27-54(39-52)71(2,3)4/h11-46H,1-10H3/i1D3,11D,12D,13D,14D,15D,16D,22D,23D,24D,25D. The number of hydrogen-bond acceptors (Lipinski definition) is 2. The van der Waals surface area contributed by atoms with Gasteiger partial charge in [-0.05, 0) is 133 Å². The second-order valence-electron chi connectivity index (χ2n) is 23.0. The third kappa shape index (κ3) is 9.38. The van der Waals surface area contributed by atoms with Gasteiger partial charge >= 0.3 is 0 Å². The Hall–Kier alpha value is -8.80. The van der Waals surface area contributed by atoms with Crippen molar-refractivity contribution in [1.82, 2.24) is 14.1 Å². The van der Waals surface area contributed by atoms with Gasteiger partial charge in [0.15, 0.2) is 0 Å². The van der Waals surface area contributed by atoms with Crippen molar-refractivity contribution in [3.05, 3.63) is 247 Å². The van der Waals surface area contributed by atoms with Crippen LogP contribution in [0, 0.1) is 13.2 Å². The Morgan fingerprint density at radius 2 is 1.12 bits per heavy atom. The van der Waals surface area contributed by atoms with Gasteiger partial charge < -0.3 is 4.74 Å². The number of nitrogens with zero attached hydrogens (tertiary/aromatic N) is 4. The molecule has 78 heavy (non-hydrogen) atoms. The molecule has 0 unspecified atom stereocenters. The summed E-state index contributed by atoms with van der Waals surface area (Å²) in [6, 6.07) is 44.4. The van der Waals surface area contributed by atoms with Crippen molar-refractivity contribution in [2.24, 2.45) is 0 Å². The van der Waals surface area contributed by atoms with Gasteiger partial charge in [0.1, 0.15) is 17.3 Å². The van der Waals surface area contributed by atoms with Crippen LogP contribution in [0.2, 0.25) is 0 Å². The van der Waals surface area contributed by atoms with E-state index in [2.05, 4.69) is 117 Å². The molecule has 5 nitrogen and oxygen atoms in total. The van der Waals surface area contributed by atoms with E-state index in [0.717, 1.165) is 44.1 Å². The van der Waals surface area contributed by atoms with Gasteiger partial charge in [-0.2, -0.15) is 0 Å². The summed E-state index contributed by atoms with van der Waals surface area (Å²) in [7, 11) is 0. The molecule has 0 saturated carbocycles. The lowest BCUT2D eigenvalue weighted by Crippen LogP contribution is -2.31. The molecule has 0 spiro atoms. The number of ether oxygens (including phenoxy) is 1. The molecule has 0 aliphatic heterocycles. The van der Waals surface area contributed by atoms with E-state index in [1.165, 1.54) is 23.4 Å². The molecule has 5 heteroatoms. The molecule has 9 aromatic carbocycles. The molecule has 0 amide bonds. The van der Waals surface area contributed by atoms with Crippen LogP contribution >= 0.6 is 0 Å². The Bertz CT molecular complexity index is 4890. The zero-order chi connectivity index (χ0) is 65.3. The number of benzene rings is 9. The highest BCUT2D eigenvalue weighted by atomic mass is 16.5. The third-order valence-electron chi connectivity index (χ3n) is 14.6. The summed E-state index contributed by atoms with van der Waals surface area (Å²) in [5.74, 6) is 1.10. The maximum Gasteiger partial charge on any atom is 0.269 e. The van der Waals surface area contributed by atoms with Gasteiger partial charge in [-0.15, -0.1) is 0 Å². The smallest absolute Gasteiger partial charge is 0.269 e. The number of rotatable bonds is 9. The van der Waals surface area contributed by atoms with E-state index >= 15 is 0 Å². The van der Waals surface area contributed by atoms with Crippen LogP contribution in [0.15, 0.2) is 218 Å². The van der Waals surface area contributed by atoms with E-state index in [4.69, 9.17) is 24.8 Å². The summed E-state index contributed by atoms with van der Waals surface area (Å²) in [6.45, 7) is 16.9. The summed E-state index contributed by atoms with van der Waals surface area (Å²) in [4.78, 5) is 4.76. The molecule has 384 valence electrons. The van der Waals surface area contributed by atoms with E-state index in [-0.39, 0.29) is 56.4 Å². The van der Waals surface area contributed by atoms with E-state index < -0.39 is 55.2 Å². The zero-order valence-corrected chi connectivity index (χ0v) is 45.2. The molecule has 0 aliphatic rings. The molecular weight excluding hydrogens is 949 g/mol. The highest BCUT2D eigenvalue weighted by Crippen LogP contribution is 2.40. The van der Waals surface area contributed by atoms with Crippen molar-refractivity contribution >= 4 is 32.8 Å². The van der Waals surface area contributed by atoms with Gasteiger partial charge in [0.25, 0.3) is 6.33 Å². The Balaban J connectivity index is 1.06. The predicted molar refractivity (Wildman–Crippen MR) is 325 cm³/mol. The Morgan fingerprint density at radius 1 is 0.487 bits per heavy atom. The molecule has 0 atom stereocenters. The second kappa shape index (κ2) is 19.3. The zero-order valence-electron chi connectivity index (χ0n) is 58.2. The fraction of sp³-hybridized carbons (Fsp3) is 0.178. The van der Waals surface area contributed by atoms with Crippen LogP contribution in [0.5, 0.6) is 11.5 Å². The summed E-state index contributed by atoms with van der Waals surface area (Å²) in [5, 5.41) is 1.66. The number of imidazole rings is 1. The first-order valence-corrected chi connectivity index (χ1v) is 26.2. The number of hydrogen-bond donors (Lipinski definition) is 0. The first-order chi connectivity index (χ1) is 42.8. The third-order valence-corrected chi connectivity index (χ3v) is 14.6. The van der Waals surface area contributed by atoms with Gasteiger partial charge in [-0.1, -0.05) is 220 Å². The fourth-order valence-corrected chi connectivity index (χ4v) is 10.3. The molecule has 0 N–H and O–H groups in total. The van der Waals surface area contributed by atoms with Crippen molar-refractivity contribution in [3.8, 4) is 73.2 Å². The topological polar surface area (TPSA) is 35.9 Å². The Labute approximate surface area is 478 Å². The highest BCUT2D eigenvalue weighted by Gasteiger charge is 2.25. The number of para-hydroxylation sites is 2. The molecule has 0 aliphatic carbocycles. The maximum absolute atomic E-state index is 9.35. The average molecular weight is 1030 g/mol. The van der Waals surface area contributed by atoms with Gasteiger partial charge in [-0.25, -0.2) is 4.98 Å². The van der Waals surface area contributed by atoms with Crippen LogP contribution in [0.3, 0.4) is 0 Å². The predicted octanol–water partition coefficient (Wildman–Crippen LogP) is 18.9. The normalized spacial score (nSPS) is 14.8. The molecular formula is C73H66N4O. The number of aryl methyl sites for hydroxylation is 1. The second-order valence-corrected chi connectivity index (χ2v) is 23.0. The lowest BCUT2D eigenvalue weighted by Gasteiger charge is -2.26. The first kappa shape index (κ1) is 37.1. The van der Waals surface area contributed by atoms with Gasteiger partial charge in [-0.3, -0.25) is 13.7 Å². The largest absolute Gasteiger partial charge is 0.458 e. The Morgan fingerprint density at radius 3 is 1.82 bits per heavy atom. The summed E-state index contributed by atoms with van der Waals surface area (Å²) in [5.41, 5.74) is 10.3. The van der Waals surface area contributed by atoms with Crippen molar-refractivity contribution in [3.63, 3.8) is 0 Å². The van der Waals surface area contributed by atoms with Gasteiger partial charge in [0.05, 0.1) is 47.1 Å². The minimum absolute atomic E-state index is 0.0484. The fourth-order valence-electron chi connectivity index (χ4n) is 10.3. The molecule has 12 aromatic rings. The van der Waals surface area contributed by atoms with Crippen LogP contribution in [0.25, 0.3) is 94.5 Å². The Kier molecular flexibility index (Phi) is 9.19. The average Bonchev–Trinajstić information content (AvgIpc) is 1.70. The molecule has 0 bridgehead atoms. The van der Waals surface area contributed by atoms with E-state index in [1.807, 2.05) is 105 Å². The van der Waals surface area contributed by atoms with Crippen LogP contribution in [0.1, 0.15) is 102 Å². The highest BCUT2D eigenvalue weighted by molar-refractivity contribution is 6.09. The quantitative estimate of drug-likeness (QED) is 0.107. The lowest BCUT2D eigenvalue weighted by molar-refractivity contribution is -0.571. The van der Waals surface area contributed by atoms with E-state index in [1.54, 1.807) is 6.07 Å². The minimum Gasteiger partial charge on any atom is -0.458 e. The molecule has 0 radical (unpaired) electrons. The molecule has 3 heterocycles. The summed E-state index contributed by atoms with van der Waals surface area (Å²) >= 11 is 0. The maximum atomic E-state index is 9.35. The van der Waals surface area contributed by atoms with Gasteiger partial charge in [0, 0.05) is 32.7 Å². The van der Waals surface area contributed by atoms with E-state index in [0.29, 0.717) is 45.0 Å². The molecule has 3 aromatic heterocycles. The molecule has 12 rings (SSSR count). The lowest BCUT2D eigenvalue weighted by atomic mass is 9.79.